The fourth-order valence-corrected chi connectivity index (χ4v) is 2.11. The average molecular weight is 203 g/mol. The van der Waals surface area contributed by atoms with E-state index in [0.29, 0.717) is 0 Å². The Kier molecular flexibility index (Phi) is 2.67. The molecule has 0 saturated carbocycles. The van der Waals surface area contributed by atoms with E-state index >= 15 is 0 Å². The minimum atomic E-state index is 0.164. The normalized spacial score (nSPS) is 15.7. The minimum absolute atomic E-state index is 0.164. The first-order valence-electron chi connectivity index (χ1n) is 5.42. The van der Waals surface area contributed by atoms with Gasteiger partial charge in [0.25, 0.3) is 0 Å². The SMILES string of the molecule is C=C(O)c1ccc(C)cc1N1CCCC1. The number of aliphatic hydroxyl groups excluding tert-OH is 1. The van der Waals surface area contributed by atoms with Gasteiger partial charge in [0.15, 0.2) is 0 Å². The van der Waals surface area contributed by atoms with E-state index in [1.165, 1.54) is 18.4 Å². The minimum Gasteiger partial charge on any atom is -0.508 e. The number of anilines is 1. The van der Waals surface area contributed by atoms with Gasteiger partial charge in [-0.05, 0) is 37.5 Å². The number of aliphatic hydroxyl groups is 1. The van der Waals surface area contributed by atoms with Crippen LogP contribution in [-0.4, -0.2) is 18.2 Å². The van der Waals surface area contributed by atoms with Gasteiger partial charge in [-0.25, -0.2) is 0 Å². The standard InChI is InChI=1S/C13H17NO/c1-10-5-6-12(11(2)15)13(9-10)14-7-3-4-8-14/h5-6,9,15H,2-4,7-8H2,1H3. The largest absolute Gasteiger partial charge is 0.508 e. The summed E-state index contributed by atoms with van der Waals surface area (Å²) < 4.78 is 0. The van der Waals surface area contributed by atoms with Gasteiger partial charge in [-0.3, -0.25) is 0 Å². The quantitative estimate of drug-likeness (QED) is 0.746. The van der Waals surface area contributed by atoms with Crippen LogP contribution in [0.1, 0.15) is 24.0 Å². The molecule has 0 spiro atoms. The molecule has 1 aliphatic rings. The van der Waals surface area contributed by atoms with Crippen LogP contribution in [0.3, 0.4) is 0 Å². The molecule has 1 fully saturated rings. The van der Waals surface area contributed by atoms with Crippen LogP contribution < -0.4 is 4.90 Å². The maximum atomic E-state index is 9.53. The molecule has 0 bridgehead atoms. The summed E-state index contributed by atoms with van der Waals surface area (Å²) in [6.45, 7) is 7.86. The summed E-state index contributed by atoms with van der Waals surface area (Å²) in [7, 11) is 0. The van der Waals surface area contributed by atoms with Crippen LogP contribution in [0.5, 0.6) is 0 Å². The van der Waals surface area contributed by atoms with E-state index in [0.717, 1.165) is 24.3 Å². The van der Waals surface area contributed by atoms with Crippen LogP contribution in [0, 0.1) is 6.92 Å². The maximum absolute atomic E-state index is 9.53. The third-order valence-corrected chi connectivity index (χ3v) is 2.91. The summed E-state index contributed by atoms with van der Waals surface area (Å²) in [5, 5.41) is 9.53. The molecule has 1 aromatic carbocycles. The molecule has 0 aliphatic carbocycles. The van der Waals surface area contributed by atoms with E-state index in [4.69, 9.17) is 0 Å². The second kappa shape index (κ2) is 3.97. The third kappa shape index (κ3) is 1.99. The Hall–Kier alpha value is -1.44. The molecule has 0 aromatic heterocycles. The fraction of sp³-hybridized carbons (Fsp3) is 0.385. The number of hydrogen-bond acceptors (Lipinski definition) is 2. The number of hydrogen-bond donors (Lipinski definition) is 1. The van der Waals surface area contributed by atoms with Crippen molar-refractivity contribution in [1.82, 2.24) is 0 Å². The van der Waals surface area contributed by atoms with Gasteiger partial charge in [-0.15, -0.1) is 0 Å². The van der Waals surface area contributed by atoms with Gasteiger partial charge in [-0.1, -0.05) is 12.6 Å². The van der Waals surface area contributed by atoms with Gasteiger partial charge in [0.1, 0.15) is 5.76 Å². The molecule has 2 nitrogen and oxygen atoms in total. The van der Waals surface area contributed by atoms with E-state index in [-0.39, 0.29) is 5.76 Å². The van der Waals surface area contributed by atoms with E-state index in [1.54, 1.807) is 0 Å². The molecule has 1 saturated heterocycles. The lowest BCUT2D eigenvalue weighted by molar-refractivity contribution is 0.513. The average Bonchev–Trinajstić information content (AvgIpc) is 2.69. The highest BCUT2D eigenvalue weighted by Crippen LogP contribution is 2.29. The van der Waals surface area contributed by atoms with Crippen LogP contribution in [-0.2, 0) is 0 Å². The summed E-state index contributed by atoms with van der Waals surface area (Å²) in [6.07, 6.45) is 2.48. The van der Waals surface area contributed by atoms with Crippen molar-refractivity contribution in [3.05, 3.63) is 35.9 Å². The Bertz CT molecular complexity index is 378. The van der Waals surface area contributed by atoms with E-state index in [9.17, 15) is 5.11 Å². The van der Waals surface area contributed by atoms with Crippen molar-refractivity contribution in [1.29, 1.82) is 0 Å². The molecule has 0 amide bonds. The number of nitrogens with zero attached hydrogens (tertiary/aromatic N) is 1. The Morgan fingerprint density at radius 1 is 1.33 bits per heavy atom. The zero-order valence-electron chi connectivity index (χ0n) is 9.16. The molecule has 15 heavy (non-hydrogen) atoms. The highest BCUT2D eigenvalue weighted by molar-refractivity contribution is 5.72. The summed E-state index contributed by atoms with van der Waals surface area (Å²) in [6, 6.07) is 6.09. The lowest BCUT2D eigenvalue weighted by Gasteiger charge is -2.21. The van der Waals surface area contributed by atoms with Crippen LogP contribution >= 0.6 is 0 Å². The Morgan fingerprint density at radius 3 is 2.60 bits per heavy atom. The van der Waals surface area contributed by atoms with Crippen molar-refractivity contribution >= 4 is 11.4 Å². The zero-order valence-corrected chi connectivity index (χ0v) is 9.16. The van der Waals surface area contributed by atoms with Crippen LogP contribution in [0.2, 0.25) is 0 Å². The molecule has 80 valence electrons. The number of rotatable bonds is 2. The van der Waals surface area contributed by atoms with Crippen LogP contribution in [0.15, 0.2) is 24.8 Å². The molecule has 1 heterocycles. The molecule has 0 unspecified atom stereocenters. The van der Waals surface area contributed by atoms with Gasteiger partial charge in [0.05, 0.1) is 0 Å². The Morgan fingerprint density at radius 2 is 2.00 bits per heavy atom. The Labute approximate surface area is 90.8 Å². The van der Waals surface area contributed by atoms with Crippen molar-refractivity contribution in [3.8, 4) is 0 Å². The van der Waals surface area contributed by atoms with E-state index < -0.39 is 0 Å². The van der Waals surface area contributed by atoms with Crippen molar-refractivity contribution in [2.75, 3.05) is 18.0 Å². The second-order valence-corrected chi connectivity index (χ2v) is 4.16. The van der Waals surface area contributed by atoms with Gasteiger partial charge in [0.2, 0.25) is 0 Å². The molecule has 1 aliphatic heterocycles. The van der Waals surface area contributed by atoms with Crippen LogP contribution in [0.25, 0.3) is 5.76 Å². The first-order chi connectivity index (χ1) is 7.18. The summed E-state index contributed by atoms with van der Waals surface area (Å²) >= 11 is 0. The van der Waals surface area contributed by atoms with Gasteiger partial charge in [-0.2, -0.15) is 0 Å². The molecule has 0 atom stereocenters. The van der Waals surface area contributed by atoms with Crippen molar-refractivity contribution in [2.45, 2.75) is 19.8 Å². The monoisotopic (exact) mass is 203 g/mol. The first-order valence-corrected chi connectivity index (χ1v) is 5.42. The van der Waals surface area contributed by atoms with Crippen LogP contribution in [0.4, 0.5) is 5.69 Å². The predicted molar refractivity (Wildman–Crippen MR) is 64.3 cm³/mol. The maximum Gasteiger partial charge on any atom is 0.117 e. The summed E-state index contributed by atoms with van der Waals surface area (Å²) in [5.74, 6) is 0.164. The highest BCUT2D eigenvalue weighted by atomic mass is 16.3. The molecule has 2 rings (SSSR count). The smallest absolute Gasteiger partial charge is 0.117 e. The van der Waals surface area contributed by atoms with E-state index in [1.807, 2.05) is 12.1 Å². The molecule has 1 aromatic rings. The predicted octanol–water partition coefficient (Wildman–Crippen LogP) is 3.12. The number of aryl methyl sites for hydroxylation is 1. The molecular weight excluding hydrogens is 186 g/mol. The molecule has 0 radical (unpaired) electrons. The van der Waals surface area contributed by atoms with E-state index in [2.05, 4.69) is 24.5 Å². The van der Waals surface area contributed by atoms with Crippen molar-refractivity contribution in [3.63, 3.8) is 0 Å². The fourth-order valence-electron chi connectivity index (χ4n) is 2.11. The topological polar surface area (TPSA) is 23.5 Å². The Balaban J connectivity index is 2.41. The third-order valence-electron chi connectivity index (χ3n) is 2.91. The van der Waals surface area contributed by atoms with Crippen molar-refractivity contribution in [2.24, 2.45) is 0 Å². The lowest BCUT2D eigenvalue weighted by atomic mass is 10.1. The van der Waals surface area contributed by atoms with Crippen molar-refractivity contribution < 1.29 is 5.11 Å². The number of benzene rings is 1. The van der Waals surface area contributed by atoms with Gasteiger partial charge >= 0.3 is 0 Å². The first kappa shape index (κ1) is 10.1. The highest BCUT2D eigenvalue weighted by Gasteiger charge is 2.16. The molecule has 1 N–H and O–H groups in total. The zero-order chi connectivity index (χ0) is 10.8. The second-order valence-electron chi connectivity index (χ2n) is 4.16. The summed E-state index contributed by atoms with van der Waals surface area (Å²) in [5.41, 5.74) is 3.21. The summed E-state index contributed by atoms with van der Waals surface area (Å²) in [4.78, 5) is 2.32. The van der Waals surface area contributed by atoms with Gasteiger partial charge < -0.3 is 10.0 Å². The molecular formula is C13H17NO. The molecule has 2 heteroatoms. The van der Waals surface area contributed by atoms with Gasteiger partial charge in [0, 0.05) is 24.3 Å². The lowest BCUT2D eigenvalue weighted by Crippen LogP contribution is -2.19.